The summed E-state index contributed by atoms with van der Waals surface area (Å²) in [5.74, 6) is 0.631. The van der Waals surface area contributed by atoms with Gasteiger partial charge in [0.2, 0.25) is 0 Å². The Morgan fingerprint density at radius 1 is 1.43 bits per heavy atom. The van der Waals surface area contributed by atoms with Crippen molar-refractivity contribution in [1.82, 2.24) is 9.88 Å². The Labute approximate surface area is 137 Å². The number of anilines is 1. The fourth-order valence-electron chi connectivity index (χ4n) is 2.79. The quantitative estimate of drug-likeness (QED) is 0.891. The zero-order chi connectivity index (χ0) is 17.0. The van der Waals surface area contributed by atoms with Crippen molar-refractivity contribution in [3.05, 3.63) is 23.9 Å². The fourth-order valence-corrected chi connectivity index (χ4v) is 2.79. The van der Waals surface area contributed by atoms with Gasteiger partial charge in [-0.15, -0.1) is 0 Å². The molecular weight excluding hydrogens is 294 g/mol. The zero-order valence-electron chi connectivity index (χ0n) is 14.2. The van der Waals surface area contributed by atoms with Gasteiger partial charge in [-0.1, -0.05) is 6.07 Å². The van der Waals surface area contributed by atoms with Crippen LogP contribution in [0.1, 0.15) is 39.3 Å². The number of ether oxygens (including phenoxy) is 1. The number of pyridine rings is 1. The third kappa shape index (κ3) is 5.39. The van der Waals surface area contributed by atoms with Crippen LogP contribution in [0.25, 0.3) is 0 Å². The maximum absolute atomic E-state index is 12.0. The van der Waals surface area contributed by atoms with E-state index in [1.807, 2.05) is 32.9 Å². The third-order valence-electron chi connectivity index (χ3n) is 3.98. The van der Waals surface area contributed by atoms with Crippen LogP contribution in [-0.2, 0) is 11.2 Å². The number of hydrogen-bond donors (Lipinski definition) is 2. The molecule has 1 aliphatic heterocycles. The Hall–Kier alpha value is -1.82. The molecular formula is C17H27N3O3. The van der Waals surface area contributed by atoms with Crippen LogP contribution >= 0.6 is 0 Å². The number of likely N-dealkylation sites (tertiary alicyclic amines) is 1. The molecule has 0 aliphatic carbocycles. The van der Waals surface area contributed by atoms with Gasteiger partial charge in [0.25, 0.3) is 0 Å². The summed E-state index contributed by atoms with van der Waals surface area (Å²) in [5.41, 5.74) is 5.98. The molecule has 1 fully saturated rings. The highest BCUT2D eigenvalue weighted by atomic mass is 16.6. The average Bonchev–Trinajstić information content (AvgIpc) is 2.45. The van der Waals surface area contributed by atoms with E-state index in [0.29, 0.717) is 25.3 Å². The lowest BCUT2D eigenvalue weighted by molar-refractivity contribution is 0.00789. The van der Waals surface area contributed by atoms with Gasteiger partial charge in [-0.3, -0.25) is 0 Å². The van der Waals surface area contributed by atoms with Crippen molar-refractivity contribution >= 4 is 11.9 Å². The Morgan fingerprint density at radius 3 is 2.65 bits per heavy atom. The van der Waals surface area contributed by atoms with Crippen LogP contribution in [0, 0.1) is 5.92 Å². The molecule has 0 saturated carbocycles. The standard InChI is InChI=1S/C17H27N3O3/c1-17(2,3)23-16(22)20-9-7-12(8-10-20)14(21)11-13-5-4-6-15(18)19-13/h4-6,12,14,21H,7-11H2,1-3H3,(H2,18,19). The van der Waals surface area contributed by atoms with Crippen LogP contribution in [0.3, 0.4) is 0 Å². The number of amides is 1. The van der Waals surface area contributed by atoms with E-state index in [-0.39, 0.29) is 12.0 Å². The molecule has 1 aromatic heterocycles. The highest BCUT2D eigenvalue weighted by molar-refractivity contribution is 5.68. The molecule has 2 rings (SSSR count). The molecule has 1 unspecified atom stereocenters. The smallest absolute Gasteiger partial charge is 0.410 e. The Balaban J connectivity index is 1.83. The van der Waals surface area contributed by atoms with Gasteiger partial charge < -0.3 is 20.5 Å². The Morgan fingerprint density at radius 2 is 2.09 bits per heavy atom. The molecule has 3 N–H and O–H groups in total. The Bertz CT molecular complexity index is 534. The molecule has 1 aliphatic rings. The average molecular weight is 321 g/mol. The lowest BCUT2D eigenvalue weighted by Crippen LogP contribution is -2.44. The van der Waals surface area contributed by atoms with Gasteiger partial charge in [-0.25, -0.2) is 9.78 Å². The van der Waals surface area contributed by atoms with E-state index in [4.69, 9.17) is 10.5 Å². The number of nitrogens with zero attached hydrogens (tertiary/aromatic N) is 2. The SMILES string of the molecule is CC(C)(C)OC(=O)N1CCC(C(O)Cc2cccc(N)n2)CC1. The van der Waals surface area contributed by atoms with Crippen LogP contribution in [0.4, 0.5) is 10.6 Å². The lowest BCUT2D eigenvalue weighted by atomic mass is 9.89. The third-order valence-corrected chi connectivity index (χ3v) is 3.98. The lowest BCUT2D eigenvalue weighted by Gasteiger charge is -2.35. The van der Waals surface area contributed by atoms with E-state index in [1.54, 1.807) is 11.0 Å². The number of hydrogen-bond acceptors (Lipinski definition) is 5. The van der Waals surface area contributed by atoms with Gasteiger partial charge in [0.1, 0.15) is 11.4 Å². The highest BCUT2D eigenvalue weighted by Gasteiger charge is 2.30. The van der Waals surface area contributed by atoms with Crippen LogP contribution in [0.5, 0.6) is 0 Å². The van der Waals surface area contributed by atoms with Crippen molar-refractivity contribution < 1.29 is 14.6 Å². The normalized spacial score (nSPS) is 17.8. The minimum atomic E-state index is -0.480. The number of rotatable bonds is 3. The molecule has 23 heavy (non-hydrogen) atoms. The van der Waals surface area contributed by atoms with Crippen molar-refractivity contribution in [1.29, 1.82) is 0 Å². The van der Waals surface area contributed by atoms with Gasteiger partial charge >= 0.3 is 6.09 Å². The van der Waals surface area contributed by atoms with E-state index in [0.717, 1.165) is 18.5 Å². The second kappa shape index (κ2) is 7.17. The van der Waals surface area contributed by atoms with E-state index in [1.165, 1.54) is 0 Å². The fraction of sp³-hybridized carbons (Fsp3) is 0.647. The minimum Gasteiger partial charge on any atom is -0.444 e. The summed E-state index contributed by atoms with van der Waals surface area (Å²) >= 11 is 0. The maximum Gasteiger partial charge on any atom is 0.410 e. The molecule has 128 valence electrons. The van der Waals surface area contributed by atoms with E-state index >= 15 is 0 Å². The topological polar surface area (TPSA) is 88.7 Å². The van der Waals surface area contributed by atoms with Crippen molar-refractivity contribution in [3.8, 4) is 0 Å². The van der Waals surface area contributed by atoms with Crippen LogP contribution < -0.4 is 5.73 Å². The summed E-state index contributed by atoms with van der Waals surface area (Å²) in [5, 5.41) is 10.4. The molecule has 1 amide bonds. The molecule has 0 bridgehead atoms. The van der Waals surface area contributed by atoms with Gasteiger partial charge in [0.05, 0.1) is 6.10 Å². The van der Waals surface area contributed by atoms with E-state index < -0.39 is 11.7 Å². The first kappa shape index (κ1) is 17.5. The van der Waals surface area contributed by atoms with Gasteiger partial charge in [0.15, 0.2) is 0 Å². The molecule has 1 atom stereocenters. The van der Waals surface area contributed by atoms with Crippen molar-refractivity contribution in [2.24, 2.45) is 5.92 Å². The predicted octanol–water partition coefficient (Wildman–Crippen LogP) is 2.21. The summed E-state index contributed by atoms with van der Waals surface area (Å²) in [6.07, 6.45) is 1.28. The summed E-state index contributed by atoms with van der Waals surface area (Å²) in [7, 11) is 0. The molecule has 0 aromatic carbocycles. The number of nitrogens with two attached hydrogens (primary N) is 1. The molecule has 2 heterocycles. The molecule has 1 saturated heterocycles. The molecule has 6 nitrogen and oxygen atoms in total. The summed E-state index contributed by atoms with van der Waals surface area (Å²) in [6.45, 7) is 6.81. The highest BCUT2D eigenvalue weighted by Crippen LogP contribution is 2.24. The maximum atomic E-state index is 12.0. The van der Waals surface area contributed by atoms with E-state index in [2.05, 4.69) is 4.98 Å². The first-order chi connectivity index (χ1) is 10.7. The first-order valence-corrected chi connectivity index (χ1v) is 8.12. The number of aromatic nitrogens is 1. The first-order valence-electron chi connectivity index (χ1n) is 8.12. The number of aliphatic hydroxyl groups is 1. The van der Waals surface area contributed by atoms with E-state index in [9.17, 15) is 9.90 Å². The number of aliphatic hydroxyl groups excluding tert-OH is 1. The van der Waals surface area contributed by atoms with Gasteiger partial charge in [0, 0.05) is 25.2 Å². The molecule has 0 radical (unpaired) electrons. The second-order valence-corrected chi connectivity index (χ2v) is 7.13. The Kier molecular flexibility index (Phi) is 5.46. The molecule has 0 spiro atoms. The predicted molar refractivity (Wildman–Crippen MR) is 88.9 cm³/mol. The number of nitrogen functional groups attached to an aromatic ring is 1. The number of carbonyl (C=O) groups is 1. The zero-order valence-corrected chi connectivity index (χ0v) is 14.2. The van der Waals surface area contributed by atoms with Crippen molar-refractivity contribution in [2.45, 2.75) is 51.7 Å². The van der Waals surface area contributed by atoms with Gasteiger partial charge in [-0.2, -0.15) is 0 Å². The van der Waals surface area contributed by atoms with Crippen molar-refractivity contribution in [3.63, 3.8) is 0 Å². The van der Waals surface area contributed by atoms with Crippen molar-refractivity contribution in [2.75, 3.05) is 18.8 Å². The monoisotopic (exact) mass is 321 g/mol. The number of piperidine rings is 1. The largest absolute Gasteiger partial charge is 0.444 e. The molecule has 6 heteroatoms. The van der Waals surface area contributed by atoms with Crippen LogP contribution in [0.2, 0.25) is 0 Å². The summed E-state index contributed by atoms with van der Waals surface area (Å²) in [4.78, 5) is 18.0. The minimum absolute atomic E-state index is 0.164. The van der Waals surface area contributed by atoms with Gasteiger partial charge in [-0.05, 0) is 51.7 Å². The van der Waals surface area contributed by atoms with Crippen LogP contribution in [-0.4, -0.2) is 45.9 Å². The second-order valence-electron chi connectivity index (χ2n) is 7.13. The number of carbonyl (C=O) groups excluding carboxylic acids is 1. The molecule has 1 aromatic rings. The summed E-state index contributed by atoms with van der Waals surface area (Å²) in [6, 6.07) is 5.44. The summed E-state index contributed by atoms with van der Waals surface area (Å²) < 4.78 is 5.38. The van der Waals surface area contributed by atoms with Crippen LogP contribution in [0.15, 0.2) is 18.2 Å².